The molecule has 0 aliphatic heterocycles. The van der Waals surface area contributed by atoms with E-state index in [0.29, 0.717) is 11.1 Å². The highest BCUT2D eigenvalue weighted by molar-refractivity contribution is 5.99. The molecule has 0 aromatic heterocycles. The minimum absolute atomic E-state index is 0.0577. The van der Waals surface area contributed by atoms with E-state index in [9.17, 15) is 22.8 Å². The van der Waals surface area contributed by atoms with Crippen molar-refractivity contribution in [3.8, 4) is 6.07 Å². The van der Waals surface area contributed by atoms with Crippen molar-refractivity contribution in [3.05, 3.63) is 70.8 Å². The van der Waals surface area contributed by atoms with Gasteiger partial charge in [0.25, 0.3) is 5.91 Å². The van der Waals surface area contributed by atoms with Crippen LogP contribution in [0.2, 0.25) is 0 Å². The van der Waals surface area contributed by atoms with Gasteiger partial charge >= 0.3 is 6.18 Å². The normalized spacial score (nSPS) is 10.8. The molecule has 7 heteroatoms. The Balaban J connectivity index is 2.01. The lowest BCUT2D eigenvalue weighted by Crippen LogP contribution is -2.23. The Hall–Kier alpha value is -3.14. The quantitative estimate of drug-likeness (QED) is 0.839. The second kappa shape index (κ2) is 7.62. The topological polar surface area (TPSA) is 70.0 Å². The van der Waals surface area contributed by atoms with Gasteiger partial charge in [0.15, 0.2) is 5.78 Å². The van der Waals surface area contributed by atoms with Crippen molar-refractivity contribution >= 4 is 11.7 Å². The van der Waals surface area contributed by atoms with Crippen LogP contribution in [0.25, 0.3) is 0 Å². The second-order valence-electron chi connectivity index (χ2n) is 5.22. The zero-order valence-electron chi connectivity index (χ0n) is 12.9. The van der Waals surface area contributed by atoms with Gasteiger partial charge < -0.3 is 5.32 Å². The molecule has 0 fully saturated rings. The van der Waals surface area contributed by atoms with Crippen LogP contribution in [-0.2, 0) is 12.7 Å². The number of halogens is 3. The summed E-state index contributed by atoms with van der Waals surface area (Å²) in [5, 5.41) is 11.0. The highest BCUT2D eigenvalue weighted by Gasteiger charge is 2.30. The number of ketones is 1. The molecule has 0 atom stereocenters. The minimum Gasteiger partial charge on any atom is -0.348 e. The van der Waals surface area contributed by atoms with E-state index in [1.807, 2.05) is 0 Å². The monoisotopic (exact) mass is 346 g/mol. The van der Waals surface area contributed by atoms with Crippen molar-refractivity contribution in [2.75, 3.05) is 0 Å². The van der Waals surface area contributed by atoms with Gasteiger partial charge in [0.05, 0.1) is 18.1 Å². The van der Waals surface area contributed by atoms with E-state index >= 15 is 0 Å². The van der Waals surface area contributed by atoms with Crippen molar-refractivity contribution in [1.82, 2.24) is 5.32 Å². The molecule has 0 saturated heterocycles. The van der Waals surface area contributed by atoms with E-state index in [-0.39, 0.29) is 24.3 Å². The summed E-state index contributed by atoms with van der Waals surface area (Å²) in [7, 11) is 0. The standard InChI is InChI=1S/C18H13F3N2O2/c19-18(20,21)15-3-1-2-12(10-15)11-23-17(25)14-6-4-13(5-7-14)16(24)8-9-22/h1-7,10H,8,11H2,(H,23,25). The summed E-state index contributed by atoms with van der Waals surface area (Å²) in [6.07, 6.45) is -4.69. The molecule has 2 rings (SSSR count). The highest BCUT2D eigenvalue weighted by atomic mass is 19.4. The molecule has 0 radical (unpaired) electrons. The summed E-state index contributed by atoms with van der Waals surface area (Å²) in [6, 6.07) is 12.2. The number of rotatable bonds is 5. The largest absolute Gasteiger partial charge is 0.416 e. The number of benzene rings is 2. The van der Waals surface area contributed by atoms with Crippen molar-refractivity contribution in [2.24, 2.45) is 0 Å². The van der Waals surface area contributed by atoms with Gasteiger partial charge in [0.2, 0.25) is 0 Å². The van der Waals surface area contributed by atoms with E-state index in [1.54, 1.807) is 6.07 Å². The molecule has 1 N–H and O–H groups in total. The summed E-state index contributed by atoms with van der Waals surface area (Å²) in [5.74, 6) is -0.824. The molecule has 128 valence electrons. The molecule has 0 spiro atoms. The Morgan fingerprint density at radius 1 is 1.04 bits per heavy atom. The van der Waals surface area contributed by atoms with Gasteiger partial charge in [-0.05, 0) is 29.8 Å². The van der Waals surface area contributed by atoms with E-state index in [4.69, 9.17) is 5.26 Å². The Bertz CT molecular complexity index is 821. The van der Waals surface area contributed by atoms with Crippen LogP contribution in [0.5, 0.6) is 0 Å². The number of Topliss-reactive ketones (excluding diaryl/α,β-unsaturated/α-hetero) is 1. The summed E-state index contributed by atoms with van der Waals surface area (Å²) in [5.41, 5.74) is 0.125. The lowest BCUT2D eigenvalue weighted by molar-refractivity contribution is -0.137. The molecule has 4 nitrogen and oxygen atoms in total. The van der Waals surface area contributed by atoms with Crippen LogP contribution in [0.3, 0.4) is 0 Å². The smallest absolute Gasteiger partial charge is 0.348 e. The van der Waals surface area contributed by atoms with Gasteiger partial charge in [0.1, 0.15) is 0 Å². The molecule has 25 heavy (non-hydrogen) atoms. The zero-order valence-corrected chi connectivity index (χ0v) is 12.9. The van der Waals surface area contributed by atoms with Crippen molar-refractivity contribution in [2.45, 2.75) is 19.1 Å². The highest BCUT2D eigenvalue weighted by Crippen LogP contribution is 2.29. The number of nitrogens with one attached hydrogen (secondary N) is 1. The Labute approximate surface area is 141 Å². The maximum atomic E-state index is 12.7. The molecular formula is C18H13F3N2O2. The maximum Gasteiger partial charge on any atom is 0.416 e. The molecule has 2 aromatic carbocycles. The first-order valence-corrected chi connectivity index (χ1v) is 7.26. The van der Waals surface area contributed by atoms with Crippen LogP contribution < -0.4 is 5.32 Å². The molecule has 0 aliphatic rings. The molecule has 0 heterocycles. The average molecular weight is 346 g/mol. The summed E-state index contributed by atoms with van der Waals surface area (Å²) >= 11 is 0. The number of amides is 1. The van der Waals surface area contributed by atoms with E-state index in [1.165, 1.54) is 36.4 Å². The molecule has 2 aromatic rings. The van der Waals surface area contributed by atoms with E-state index in [0.717, 1.165) is 12.1 Å². The van der Waals surface area contributed by atoms with Crippen LogP contribution in [0, 0.1) is 11.3 Å². The number of carbonyl (C=O) groups excluding carboxylic acids is 2. The molecule has 1 amide bonds. The summed E-state index contributed by atoms with van der Waals surface area (Å²) in [6.45, 7) is -0.0577. The average Bonchev–Trinajstić information content (AvgIpc) is 2.59. The van der Waals surface area contributed by atoms with Crippen LogP contribution in [-0.4, -0.2) is 11.7 Å². The molecule has 0 unspecified atom stereocenters. The first-order valence-electron chi connectivity index (χ1n) is 7.26. The van der Waals surface area contributed by atoms with E-state index in [2.05, 4.69) is 5.32 Å². The third-order valence-electron chi connectivity index (χ3n) is 3.42. The number of hydrogen-bond acceptors (Lipinski definition) is 3. The van der Waals surface area contributed by atoms with Crippen molar-refractivity contribution < 1.29 is 22.8 Å². The molecule has 0 saturated carbocycles. The number of nitriles is 1. The third kappa shape index (κ3) is 4.91. The SMILES string of the molecule is N#CCC(=O)c1ccc(C(=O)NCc2cccc(C(F)(F)F)c2)cc1. The fourth-order valence-electron chi connectivity index (χ4n) is 2.12. The van der Waals surface area contributed by atoms with Crippen molar-refractivity contribution in [3.63, 3.8) is 0 Å². The lowest BCUT2D eigenvalue weighted by Gasteiger charge is -2.10. The zero-order chi connectivity index (χ0) is 18.4. The first kappa shape index (κ1) is 18.2. The van der Waals surface area contributed by atoms with Gasteiger partial charge in [-0.1, -0.05) is 24.3 Å². The van der Waals surface area contributed by atoms with Gasteiger partial charge in [-0.25, -0.2) is 0 Å². The first-order chi connectivity index (χ1) is 11.8. The van der Waals surface area contributed by atoms with Gasteiger partial charge in [-0.15, -0.1) is 0 Å². The van der Waals surface area contributed by atoms with Gasteiger partial charge in [0, 0.05) is 17.7 Å². The van der Waals surface area contributed by atoms with Crippen LogP contribution in [0.1, 0.15) is 38.3 Å². The van der Waals surface area contributed by atoms with Crippen LogP contribution >= 0.6 is 0 Å². The van der Waals surface area contributed by atoms with Crippen LogP contribution in [0.4, 0.5) is 13.2 Å². The Kier molecular flexibility index (Phi) is 5.55. The molecule has 0 bridgehead atoms. The van der Waals surface area contributed by atoms with Crippen LogP contribution in [0.15, 0.2) is 48.5 Å². The number of hydrogen-bond donors (Lipinski definition) is 1. The van der Waals surface area contributed by atoms with E-state index < -0.39 is 17.6 Å². The second-order valence-corrected chi connectivity index (χ2v) is 5.22. The predicted molar refractivity (Wildman–Crippen MR) is 83.6 cm³/mol. The maximum absolute atomic E-state index is 12.7. The van der Waals surface area contributed by atoms with Crippen molar-refractivity contribution in [1.29, 1.82) is 5.26 Å². The lowest BCUT2D eigenvalue weighted by atomic mass is 10.1. The van der Waals surface area contributed by atoms with Gasteiger partial charge in [-0.3, -0.25) is 9.59 Å². The number of carbonyl (C=O) groups is 2. The predicted octanol–water partition coefficient (Wildman–Crippen LogP) is 3.73. The molecule has 0 aliphatic carbocycles. The number of nitrogens with zero attached hydrogens (tertiary/aromatic N) is 1. The number of alkyl halides is 3. The Morgan fingerprint density at radius 3 is 2.28 bits per heavy atom. The minimum atomic E-state index is -4.44. The fraction of sp³-hybridized carbons (Fsp3) is 0.167. The molecular weight excluding hydrogens is 333 g/mol. The third-order valence-corrected chi connectivity index (χ3v) is 3.42. The summed E-state index contributed by atoms with van der Waals surface area (Å²) in [4.78, 5) is 23.6. The fourth-order valence-corrected chi connectivity index (χ4v) is 2.12. The Morgan fingerprint density at radius 2 is 1.68 bits per heavy atom. The summed E-state index contributed by atoms with van der Waals surface area (Å²) < 4.78 is 38.0. The van der Waals surface area contributed by atoms with Gasteiger partial charge in [-0.2, -0.15) is 18.4 Å².